The zero-order valence-electron chi connectivity index (χ0n) is 12.0. The normalized spacial score (nSPS) is 11.3. The van der Waals surface area contributed by atoms with Crippen molar-refractivity contribution < 1.29 is 23.5 Å². The van der Waals surface area contributed by atoms with E-state index in [0.29, 0.717) is 0 Å². The fourth-order valence-corrected chi connectivity index (χ4v) is 2.60. The lowest BCUT2D eigenvalue weighted by molar-refractivity contribution is -0.155. The number of hydrogen-bond donors (Lipinski definition) is 1. The molecule has 1 aromatic carbocycles. The maximum absolute atomic E-state index is 13.5. The molecule has 0 aromatic heterocycles. The molecular formula is C14H17F2NO3S. The molecule has 0 aliphatic rings. The van der Waals surface area contributed by atoms with E-state index in [1.807, 2.05) is 0 Å². The number of benzene rings is 1. The Bertz CT molecular complexity index is 549. The molecule has 0 aliphatic heterocycles. The Morgan fingerprint density at radius 1 is 1.33 bits per heavy atom. The summed E-state index contributed by atoms with van der Waals surface area (Å²) in [6.07, 6.45) is 0. The maximum Gasteiger partial charge on any atom is 0.329 e. The molecule has 0 spiro atoms. The predicted molar refractivity (Wildman–Crippen MR) is 76.2 cm³/mol. The van der Waals surface area contributed by atoms with Crippen LogP contribution in [-0.2, 0) is 9.59 Å². The number of carboxylic acids is 1. The molecule has 1 rings (SSSR count). The minimum absolute atomic E-state index is 0.118. The van der Waals surface area contributed by atoms with Crippen molar-refractivity contribution in [3.05, 3.63) is 29.8 Å². The minimum Gasteiger partial charge on any atom is -0.480 e. The van der Waals surface area contributed by atoms with Gasteiger partial charge in [0.15, 0.2) is 0 Å². The van der Waals surface area contributed by atoms with Crippen molar-refractivity contribution in [2.75, 3.05) is 12.3 Å². The summed E-state index contributed by atoms with van der Waals surface area (Å²) < 4.78 is 26.3. The van der Waals surface area contributed by atoms with Gasteiger partial charge >= 0.3 is 5.97 Å². The lowest BCUT2D eigenvalue weighted by atomic mass is 10.0. The standard InChI is InChI=1S/C14H17F2NO3S/c1-4-17(14(2,3)13(19)20)12(18)8-21-11-6-5-9(15)7-10(11)16/h5-7H,4,8H2,1-3H3,(H,19,20). The van der Waals surface area contributed by atoms with E-state index in [1.54, 1.807) is 6.92 Å². The Morgan fingerprint density at radius 2 is 1.95 bits per heavy atom. The number of amides is 1. The van der Waals surface area contributed by atoms with Crippen molar-refractivity contribution in [3.63, 3.8) is 0 Å². The van der Waals surface area contributed by atoms with Crippen molar-refractivity contribution in [2.24, 2.45) is 0 Å². The van der Waals surface area contributed by atoms with Gasteiger partial charge in [-0.1, -0.05) is 0 Å². The monoisotopic (exact) mass is 317 g/mol. The average Bonchev–Trinajstić information content (AvgIpc) is 2.38. The Kier molecular flexibility index (Phi) is 5.71. The van der Waals surface area contributed by atoms with Crippen molar-refractivity contribution in [1.82, 2.24) is 4.90 Å². The highest BCUT2D eigenvalue weighted by molar-refractivity contribution is 8.00. The second-order valence-electron chi connectivity index (χ2n) is 4.87. The lowest BCUT2D eigenvalue weighted by Gasteiger charge is -2.34. The van der Waals surface area contributed by atoms with Gasteiger partial charge in [-0.25, -0.2) is 13.6 Å². The maximum atomic E-state index is 13.5. The van der Waals surface area contributed by atoms with Crippen LogP contribution in [0.4, 0.5) is 8.78 Å². The Morgan fingerprint density at radius 3 is 2.43 bits per heavy atom. The number of carboxylic acid groups (broad SMARTS) is 1. The highest BCUT2D eigenvalue weighted by Crippen LogP contribution is 2.24. The SMILES string of the molecule is CCN(C(=O)CSc1ccc(F)cc1F)C(C)(C)C(=O)O. The molecule has 21 heavy (non-hydrogen) atoms. The van der Waals surface area contributed by atoms with Crippen molar-refractivity contribution >= 4 is 23.6 Å². The topological polar surface area (TPSA) is 57.6 Å². The number of hydrogen-bond acceptors (Lipinski definition) is 3. The first-order valence-corrected chi connectivity index (χ1v) is 7.30. The number of aliphatic carboxylic acids is 1. The van der Waals surface area contributed by atoms with E-state index < -0.39 is 29.0 Å². The second-order valence-corrected chi connectivity index (χ2v) is 5.88. The molecule has 0 atom stereocenters. The van der Waals surface area contributed by atoms with Gasteiger partial charge in [-0.2, -0.15) is 0 Å². The average molecular weight is 317 g/mol. The molecule has 0 radical (unpaired) electrons. The zero-order chi connectivity index (χ0) is 16.2. The summed E-state index contributed by atoms with van der Waals surface area (Å²) >= 11 is 0.910. The first kappa shape index (κ1) is 17.4. The highest BCUT2D eigenvalue weighted by atomic mass is 32.2. The van der Waals surface area contributed by atoms with Gasteiger partial charge in [0.25, 0.3) is 0 Å². The van der Waals surface area contributed by atoms with Crippen molar-refractivity contribution in [2.45, 2.75) is 31.2 Å². The van der Waals surface area contributed by atoms with E-state index in [4.69, 9.17) is 5.11 Å². The summed E-state index contributed by atoms with van der Waals surface area (Å²) in [6, 6.07) is 3.10. The Labute approximate surface area is 126 Å². The van der Waals surface area contributed by atoms with Gasteiger partial charge in [-0.05, 0) is 32.9 Å². The van der Waals surface area contributed by atoms with E-state index in [-0.39, 0.29) is 17.2 Å². The number of rotatable bonds is 6. The molecule has 0 heterocycles. The van der Waals surface area contributed by atoms with E-state index in [1.165, 1.54) is 24.8 Å². The Balaban J connectivity index is 2.78. The molecule has 0 aliphatic carbocycles. The van der Waals surface area contributed by atoms with Crippen LogP contribution in [0.25, 0.3) is 0 Å². The van der Waals surface area contributed by atoms with Crippen LogP contribution < -0.4 is 0 Å². The van der Waals surface area contributed by atoms with E-state index in [9.17, 15) is 18.4 Å². The van der Waals surface area contributed by atoms with Gasteiger partial charge in [0, 0.05) is 17.5 Å². The Hall–Kier alpha value is -1.63. The van der Waals surface area contributed by atoms with Crippen LogP contribution in [0.15, 0.2) is 23.1 Å². The van der Waals surface area contributed by atoms with Crippen LogP contribution in [0.5, 0.6) is 0 Å². The molecule has 0 fully saturated rings. The summed E-state index contributed by atoms with van der Waals surface area (Å²) in [6.45, 7) is 4.76. The molecule has 0 unspecified atom stereocenters. The number of nitrogens with zero attached hydrogens (tertiary/aromatic N) is 1. The fourth-order valence-electron chi connectivity index (χ4n) is 1.81. The van der Waals surface area contributed by atoms with Crippen LogP contribution in [-0.4, -0.2) is 39.7 Å². The number of halogens is 2. The molecule has 1 aromatic rings. The third-order valence-electron chi connectivity index (χ3n) is 3.06. The summed E-state index contributed by atoms with van der Waals surface area (Å²) in [5.41, 5.74) is -1.34. The third kappa shape index (κ3) is 4.17. The first-order chi connectivity index (χ1) is 9.70. The summed E-state index contributed by atoms with van der Waals surface area (Å²) in [7, 11) is 0. The second kappa shape index (κ2) is 6.89. The van der Waals surface area contributed by atoms with Gasteiger partial charge in [-0.15, -0.1) is 11.8 Å². The van der Waals surface area contributed by atoms with Crippen molar-refractivity contribution in [3.8, 4) is 0 Å². The molecule has 1 amide bonds. The molecule has 7 heteroatoms. The van der Waals surface area contributed by atoms with Crippen LogP contribution in [0.2, 0.25) is 0 Å². The molecular weight excluding hydrogens is 300 g/mol. The predicted octanol–water partition coefficient (Wildman–Crippen LogP) is 2.77. The number of carbonyl (C=O) groups is 2. The minimum atomic E-state index is -1.34. The highest BCUT2D eigenvalue weighted by Gasteiger charge is 2.36. The van der Waals surface area contributed by atoms with Crippen LogP contribution in [0.1, 0.15) is 20.8 Å². The van der Waals surface area contributed by atoms with E-state index in [0.717, 1.165) is 23.9 Å². The summed E-state index contributed by atoms with van der Waals surface area (Å²) in [5.74, 6) is -3.08. The largest absolute Gasteiger partial charge is 0.480 e. The van der Waals surface area contributed by atoms with Crippen LogP contribution >= 0.6 is 11.8 Å². The van der Waals surface area contributed by atoms with Gasteiger partial charge in [0.2, 0.25) is 5.91 Å². The lowest BCUT2D eigenvalue weighted by Crippen LogP contribution is -2.53. The van der Waals surface area contributed by atoms with E-state index >= 15 is 0 Å². The summed E-state index contributed by atoms with van der Waals surface area (Å²) in [4.78, 5) is 24.7. The number of carbonyl (C=O) groups excluding carboxylic acids is 1. The molecule has 0 bridgehead atoms. The van der Waals surface area contributed by atoms with Crippen molar-refractivity contribution in [1.29, 1.82) is 0 Å². The molecule has 0 saturated carbocycles. The first-order valence-electron chi connectivity index (χ1n) is 6.31. The molecule has 1 N–H and O–H groups in total. The quantitative estimate of drug-likeness (QED) is 0.820. The fraction of sp³-hybridized carbons (Fsp3) is 0.429. The van der Waals surface area contributed by atoms with E-state index in [2.05, 4.69) is 0 Å². The van der Waals surface area contributed by atoms with Gasteiger partial charge in [-0.3, -0.25) is 4.79 Å². The van der Waals surface area contributed by atoms with Gasteiger partial charge in [0.1, 0.15) is 17.2 Å². The number of likely N-dealkylation sites (N-methyl/N-ethyl adjacent to an activating group) is 1. The van der Waals surface area contributed by atoms with Gasteiger partial charge < -0.3 is 10.0 Å². The van der Waals surface area contributed by atoms with Gasteiger partial charge in [0.05, 0.1) is 5.75 Å². The summed E-state index contributed by atoms with van der Waals surface area (Å²) in [5, 5.41) is 9.15. The zero-order valence-corrected chi connectivity index (χ0v) is 12.8. The van der Waals surface area contributed by atoms with Crippen LogP contribution in [0, 0.1) is 11.6 Å². The molecule has 116 valence electrons. The van der Waals surface area contributed by atoms with Crippen LogP contribution in [0.3, 0.4) is 0 Å². The number of thioether (sulfide) groups is 1. The third-order valence-corrected chi connectivity index (χ3v) is 4.09. The smallest absolute Gasteiger partial charge is 0.329 e. The molecule has 0 saturated heterocycles. The molecule has 4 nitrogen and oxygen atoms in total.